The van der Waals surface area contributed by atoms with Gasteiger partial charge in [0.1, 0.15) is 0 Å². The normalized spacial score (nSPS) is 19.2. The number of nitrogens with zero attached hydrogens (tertiary/aromatic N) is 2. The number of alkyl halides is 3. The molecular formula is C10H17F3N2O2. The van der Waals surface area contributed by atoms with Crippen LogP contribution in [0, 0.1) is 0 Å². The molecule has 1 aliphatic rings. The molecule has 1 fully saturated rings. The highest BCUT2D eigenvalue weighted by Crippen LogP contribution is 2.19. The third-order valence-corrected chi connectivity index (χ3v) is 2.73. The zero-order valence-electron chi connectivity index (χ0n) is 9.79. The first-order valence-electron chi connectivity index (χ1n) is 5.52. The maximum atomic E-state index is 12.2. The molecule has 0 aromatic rings. The largest absolute Gasteiger partial charge is 0.471 e. The number of hydrogen-bond donors (Lipinski definition) is 0. The van der Waals surface area contributed by atoms with Gasteiger partial charge in [-0.05, 0) is 13.0 Å². The van der Waals surface area contributed by atoms with Crippen LogP contribution < -0.4 is 0 Å². The van der Waals surface area contributed by atoms with E-state index < -0.39 is 12.1 Å². The van der Waals surface area contributed by atoms with Crippen LogP contribution in [-0.2, 0) is 9.53 Å². The third kappa shape index (κ3) is 4.51. The molecule has 1 rings (SSSR count). The molecule has 0 atom stereocenters. The first kappa shape index (κ1) is 14.2. The number of halogens is 3. The number of ether oxygens (including phenoxy) is 1. The fraction of sp³-hybridized carbons (Fsp3) is 0.900. The lowest BCUT2D eigenvalue weighted by molar-refractivity contribution is -0.185. The van der Waals surface area contributed by atoms with E-state index in [9.17, 15) is 18.0 Å². The molecule has 0 bridgehead atoms. The van der Waals surface area contributed by atoms with E-state index in [1.807, 2.05) is 4.90 Å². The molecule has 0 aromatic carbocycles. The van der Waals surface area contributed by atoms with Gasteiger partial charge in [0.05, 0.1) is 6.61 Å². The van der Waals surface area contributed by atoms with Crippen molar-refractivity contribution < 1.29 is 22.7 Å². The molecule has 7 heteroatoms. The average molecular weight is 254 g/mol. The van der Waals surface area contributed by atoms with Crippen molar-refractivity contribution in [2.24, 2.45) is 0 Å². The van der Waals surface area contributed by atoms with Gasteiger partial charge in [0.25, 0.3) is 0 Å². The summed E-state index contributed by atoms with van der Waals surface area (Å²) in [5.74, 6) is -1.73. The topological polar surface area (TPSA) is 32.8 Å². The molecule has 0 radical (unpaired) electrons. The highest BCUT2D eigenvalue weighted by atomic mass is 19.4. The Kier molecular flexibility index (Phi) is 5.20. The summed E-state index contributed by atoms with van der Waals surface area (Å²) in [6.45, 7) is 2.69. The highest BCUT2D eigenvalue weighted by Gasteiger charge is 2.42. The Bertz CT molecular complexity index is 258. The summed E-state index contributed by atoms with van der Waals surface area (Å²) in [6.07, 6.45) is -4.20. The molecule has 1 aliphatic heterocycles. The number of amides is 1. The lowest BCUT2D eigenvalue weighted by atomic mass is 10.3. The van der Waals surface area contributed by atoms with Crippen LogP contribution in [0.2, 0.25) is 0 Å². The predicted octanol–water partition coefficient (Wildman–Crippen LogP) is 0.729. The van der Waals surface area contributed by atoms with Crippen molar-refractivity contribution in [3.63, 3.8) is 0 Å². The molecule has 1 amide bonds. The molecular weight excluding hydrogens is 237 g/mol. The molecule has 17 heavy (non-hydrogen) atoms. The Labute approximate surface area is 98.3 Å². The lowest BCUT2D eigenvalue weighted by Crippen LogP contribution is -2.43. The van der Waals surface area contributed by atoms with Crippen molar-refractivity contribution in [1.82, 2.24) is 9.80 Å². The Balaban J connectivity index is 2.45. The van der Waals surface area contributed by atoms with Crippen LogP contribution in [0.1, 0.15) is 6.42 Å². The van der Waals surface area contributed by atoms with Gasteiger partial charge in [0.15, 0.2) is 0 Å². The Morgan fingerprint density at radius 2 is 1.94 bits per heavy atom. The van der Waals surface area contributed by atoms with Crippen LogP contribution >= 0.6 is 0 Å². The van der Waals surface area contributed by atoms with Gasteiger partial charge in [0, 0.05) is 33.3 Å². The number of rotatable bonds is 3. The second-order valence-corrected chi connectivity index (χ2v) is 3.98. The SMILES string of the molecule is COCCN1CCCN(C(=O)C(F)(F)F)CC1. The van der Waals surface area contributed by atoms with Crippen molar-refractivity contribution in [2.75, 3.05) is 46.4 Å². The fourth-order valence-corrected chi connectivity index (χ4v) is 1.80. The van der Waals surface area contributed by atoms with Gasteiger partial charge in [-0.3, -0.25) is 9.69 Å². The monoisotopic (exact) mass is 254 g/mol. The van der Waals surface area contributed by atoms with E-state index in [4.69, 9.17) is 4.74 Å². The number of methoxy groups -OCH3 is 1. The maximum Gasteiger partial charge on any atom is 0.471 e. The minimum atomic E-state index is -4.76. The summed E-state index contributed by atoms with van der Waals surface area (Å²) >= 11 is 0. The minimum Gasteiger partial charge on any atom is -0.383 e. The van der Waals surface area contributed by atoms with Crippen LogP contribution in [0.4, 0.5) is 13.2 Å². The maximum absolute atomic E-state index is 12.2. The highest BCUT2D eigenvalue weighted by molar-refractivity contribution is 5.81. The molecule has 1 heterocycles. The first-order valence-corrected chi connectivity index (χ1v) is 5.52. The van der Waals surface area contributed by atoms with Crippen molar-refractivity contribution in [1.29, 1.82) is 0 Å². The van der Waals surface area contributed by atoms with E-state index in [2.05, 4.69) is 0 Å². The smallest absolute Gasteiger partial charge is 0.383 e. The van der Waals surface area contributed by atoms with Gasteiger partial charge < -0.3 is 9.64 Å². The molecule has 100 valence electrons. The molecule has 0 aliphatic carbocycles. The summed E-state index contributed by atoms with van der Waals surface area (Å²) in [7, 11) is 1.58. The van der Waals surface area contributed by atoms with E-state index >= 15 is 0 Å². The Hall–Kier alpha value is -0.820. The Morgan fingerprint density at radius 1 is 1.24 bits per heavy atom. The number of carbonyl (C=O) groups excluding carboxylic acids is 1. The minimum absolute atomic E-state index is 0.127. The van der Waals surface area contributed by atoms with E-state index in [1.165, 1.54) is 0 Å². The van der Waals surface area contributed by atoms with Crippen LogP contribution in [0.25, 0.3) is 0 Å². The van der Waals surface area contributed by atoms with E-state index in [0.29, 0.717) is 32.7 Å². The molecule has 0 spiro atoms. The quantitative estimate of drug-likeness (QED) is 0.744. The first-order chi connectivity index (χ1) is 7.95. The lowest BCUT2D eigenvalue weighted by Gasteiger charge is -2.22. The molecule has 0 saturated carbocycles. The van der Waals surface area contributed by atoms with Crippen LogP contribution in [0.5, 0.6) is 0 Å². The summed E-state index contributed by atoms with van der Waals surface area (Å²) < 4.78 is 41.6. The molecule has 0 unspecified atom stereocenters. The predicted molar refractivity (Wildman–Crippen MR) is 55.6 cm³/mol. The van der Waals surface area contributed by atoms with Crippen molar-refractivity contribution in [2.45, 2.75) is 12.6 Å². The van der Waals surface area contributed by atoms with Gasteiger partial charge >= 0.3 is 12.1 Å². The summed E-state index contributed by atoms with van der Waals surface area (Å²) in [5.41, 5.74) is 0. The van der Waals surface area contributed by atoms with Gasteiger partial charge in [-0.15, -0.1) is 0 Å². The Morgan fingerprint density at radius 3 is 2.53 bits per heavy atom. The van der Waals surface area contributed by atoms with Crippen molar-refractivity contribution in [3.8, 4) is 0 Å². The molecule has 1 saturated heterocycles. The summed E-state index contributed by atoms with van der Waals surface area (Å²) in [6, 6.07) is 0. The van der Waals surface area contributed by atoms with Crippen molar-refractivity contribution >= 4 is 5.91 Å². The summed E-state index contributed by atoms with van der Waals surface area (Å²) in [5, 5.41) is 0. The zero-order chi connectivity index (χ0) is 12.9. The molecule has 0 aromatic heterocycles. The van der Waals surface area contributed by atoms with Gasteiger partial charge in [-0.2, -0.15) is 13.2 Å². The number of hydrogen-bond acceptors (Lipinski definition) is 3. The van der Waals surface area contributed by atoms with Crippen molar-refractivity contribution in [3.05, 3.63) is 0 Å². The van der Waals surface area contributed by atoms with E-state index in [0.717, 1.165) is 4.90 Å². The standard InChI is InChI=1S/C10H17F3N2O2/c1-17-8-7-14-3-2-4-15(6-5-14)9(16)10(11,12)13/h2-8H2,1H3. The second-order valence-electron chi connectivity index (χ2n) is 3.98. The van der Waals surface area contributed by atoms with Gasteiger partial charge in [-0.1, -0.05) is 0 Å². The second kappa shape index (κ2) is 6.20. The number of carbonyl (C=O) groups is 1. The van der Waals surface area contributed by atoms with Gasteiger partial charge in [-0.25, -0.2) is 0 Å². The summed E-state index contributed by atoms with van der Waals surface area (Å²) in [4.78, 5) is 13.9. The molecule has 0 N–H and O–H groups in total. The van der Waals surface area contributed by atoms with Gasteiger partial charge in [0.2, 0.25) is 0 Å². The average Bonchev–Trinajstić information content (AvgIpc) is 2.49. The van der Waals surface area contributed by atoms with E-state index in [-0.39, 0.29) is 13.1 Å². The van der Waals surface area contributed by atoms with E-state index in [1.54, 1.807) is 7.11 Å². The van der Waals surface area contributed by atoms with Crippen LogP contribution in [-0.4, -0.2) is 68.3 Å². The fourth-order valence-electron chi connectivity index (χ4n) is 1.80. The third-order valence-electron chi connectivity index (χ3n) is 2.73. The van der Waals surface area contributed by atoms with Crippen LogP contribution in [0.15, 0.2) is 0 Å². The zero-order valence-corrected chi connectivity index (χ0v) is 9.79. The van der Waals surface area contributed by atoms with Crippen LogP contribution in [0.3, 0.4) is 0 Å². The molecule has 4 nitrogen and oxygen atoms in total.